The molecule has 0 heteroatoms. The van der Waals surface area contributed by atoms with Gasteiger partial charge in [0.25, 0.3) is 0 Å². The average molecular weight is 283 g/mol. The van der Waals surface area contributed by atoms with Crippen LogP contribution in [0.4, 0.5) is 0 Å². The maximum absolute atomic E-state index is 2.49. The second-order valence-electron chi connectivity index (χ2n) is 7.91. The fourth-order valence-corrected chi connectivity index (χ4v) is 3.71. The van der Waals surface area contributed by atoms with Gasteiger partial charge in [0.15, 0.2) is 0 Å². The summed E-state index contributed by atoms with van der Waals surface area (Å²) in [6.45, 7) is 16.7. The van der Waals surface area contributed by atoms with E-state index in [4.69, 9.17) is 0 Å². The highest BCUT2D eigenvalue weighted by atomic mass is 14.2. The van der Waals surface area contributed by atoms with Gasteiger partial charge in [-0.2, -0.15) is 0 Å². The minimum absolute atomic E-state index is 0.865. The molecule has 0 bridgehead atoms. The van der Waals surface area contributed by atoms with Crippen LogP contribution in [0.15, 0.2) is 0 Å². The summed E-state index contributed by atoms with van der Waals surface area (Å²) in [5.41, 5.74) is 0. The largest absolute Gasteiger partial charge is 0.0651 e. The molecular weight excluding hydrogens is 240 g/mol. The summed E-state index contributed by atoms with van der Waals surface area (Å²) in [4.78, 5) is 0. The van der Waals surface area contributed by atoms with Gasteiger partial charge >= 0.3 is 0 Å². The molecule has 0 radical (unpaired) electrons. The molecule has 0 fully saturated rings. The van der Waals surface area contributed by atoms with Crippen LogP contribution in [0.3, 0.4) is 0 Å². The smallest absolute Gasteiger partial charge is 0.0391 e. The molecular formula is C20H42. The second-order valence-corrected chi connectivity index (χ2v) is 7.91. The van der Waals surface area contributed by atoms with Crippen LogP contribution in [-0.2, 0) is 0 Å². The molecule has 0 N–H and O–H groups in total. The average Bonchev–Trinajstić information content (AvgIpc) is 2.37. The molecule has 0 saturated carbocycles. The van der Waals surface area contributed by atoms with Crippen molar-refractivity contribution in [3.05, 3.63) is 0 Å². The summed E-state index contributed by atoms with van der Waals surface area (Å²) in [7, 11) is 0. The van der Waals surface area contributed by atoms with E-state index >= 15 is 0 Å². The first-order valence-electron chi connectivity index (χ1n) is 9.40. The molecule has 0 aliphatic rings. The lowest BCUT2D eigenvalue weighted by Crippen LogP contribution is -2.14. The Morgan fingerprint density at radius 3 is 1.75 bits per heavy atom. The first-order valence-corrected chi connectivity index (χ1v) is 9.40. The van der Waals surface area contributed by atoms with Gasteiger partial charge in [-0.15, -0.1) is 0 Å². The van der Waals surface area contributed by atoms with Gasteiger partial charge in [0.1, 0.15) is 0 Å². The zero-order valence-corrected chi connectivity index (χ0v) is 15.5. The molecule has 0 aliphatic heterocycles. The highest BCUT2D eigenvalue weighted by Crippen LogP contribution is 2.29. The quantitative estimate of drug-likeness (QED) is 0.329. The molecule has 0 nitrogen and oxygen atoms in total. The van der Waals surface area contributed by atoms with E-state index in [-0.39, 0.29) is 0 Å². The van der Waals surface area contributed by atoms with Crippen molar-refractivity contribution in [2.75, 3.05) is 0 Å². The first-order chi connectivity index (χ1) is 9.40. The minimum atomic E-state index is 0.865. The van der Waals surface area contributed by atoms with Crippen molar-refractivity contribution in [2.24, 2.45) is 29.6 Å². The van der Waals surface area contributed by atoms with E-state index in [0.717, 1.165) is 29.6 Å². The highest BCUT2D eigenvalue weighted by molar-refractivity contribution is 4.68. The fourth-order valence-electron chi connectivity index (χ4n) is 3.71. The Morgan fingerprint density at radius 1 is 0.650 bits per heavy atom. The van der Waals surface area contributed by atoms with Gasteiger partial charge in [0.2, 0.25) is 0 Å². The first kappa shape index (κ1) is 20.0. The van der Waals surface area contributed by atoms with Crippen LogP contribution in [0, 0.1) is 29.6 Å². The van der Waals surface area contributed by atoms with Crippen molar-refractivity contribution < 1.29 is 0 Å². The summed E-state index contributed by atoms with van der Waals surface area (Å²) in [6, 6.07) is 0. The third-order valence-electron chi connectivity index (χ3n) is 5.20. The van der Waals surface area contributed by atoms with E-state index in [1.807, 2.05) is 0 Å². The molecule has 4 atom stereocenters. The zero-order valence-electron chi connectivity index (χ0n) is 15.5. The van der Waals surface area contributed by atoms with Crippen molar-refractivity contribution in [1.29, 1.82) is 0 Å². The van der Waals surface area contributed by atoms with E-state index in [1.54, 1.807) is 0 Å². The van der Waals surface area contributed by atoms with Gasteiger partial charge in [-0.25, -0.2) is 0 Å². The molecule has 0 aromatic heterocycles. The lowest BCUT2D eigenvalue weighted by Gasteiger charge is -2.25. The lowest BCUT2D eigenvalue weighted by atomic mass is 9.81. The SMILES string of the molecule is CCC(C)CC(C)C(CC)CCCCC(C)CC(C)C. The summed E-state index contributed by atoms with van der Waals surface area (Å²) in [5, 5.41) is 0. The lowest BCUT2D eigenvalue weighted by molar-refractivity contribution is 0.261. The van der Waals surface area contributed by atoms with Crippen molar-refractivity contribution in [2.45, 2.75) is 99.8 Å². The normalized spacial score (nSPS) is 18.0. The van der Waals surface area contributed by atoms with Crippen molar-refractivity contribution in [3.63, 3.8) is 0 Å². The van der Waals surface area contributed by atoms with E-state index < -0.39 is 0 Å². The van der Waals surface area contributed by atoms with E-state index in [9.17, 15) is 0 Å². The van der Waals surface area contributed by atoms with Gasteiger partial charge in [0, 0.05) is 0 Å². The summed E-state index contributed by atoms with van der Waals surface area (Å²) >= 11 is 0. The van der Waals surface area contributed by atoms with E-state index in [1.165, 1.54) is 51.4 Å². The third-order valence-corrected chi connectivity index (χ3v) is 5.20. The molecule has 0 heterocycles. The Kier molecular flexibility index (Phi) is 11.6. The maximum Gasteiger partial charge on any atom is -0.0391 e. The Morgan fingerprint density at radius 2 is 1.25 bits per heavy atom. The second kappa shape index (κ2) is 11.6. The van der Waals surface area contributed by atoms with Crippen LogP contribution in [0.25, 0.3) is 0 Å². The summed E-state index contributed by atoms with van der Waals surface area (Å²) < 4.78 is 0. The Balaban J connectivity index is 3.84. The molecule has 4 unspecified atom stereocenters. The molecule has 0 rings (SSSR count). The number of unbranched alkanes of at least 4 members (excludes halogenated alkanes) is 1. The molecule has 122 valence electrons. The molecule has 0 aromatic carbocycles. The Labute approximate surface area is 130 Å². The standard InChI is InChI=1S/C20H42/c1-8-17(5)15-19(7)20(9-2)13-11-10-12-18(6)14-16(3)4/h16-20H,8-15H2,1-7H3. The van der Waals surface area contributed by atoms with Gasteiger partial charge in [-0.05, 0) is 42.4 Å². The van der Waals surface area contributed by atoms with Gasteiger partial charge in [-0.3, -0.25) is 0 Å². The van der Waals surface area contributed by atoms with Crippen LogP contribution >= 0.6 is 0 Å². The van der Waals surface area contributed by atoms with Gasteiger partial charge < -0.3 is 0 Å². The summed E-state index contributed by atoms with van der Waals surface area (Å²) in [6.07, 6.45) is 11.3. The monoisotopic (exact) mass is 282 g/mol. The number of hydrogen-bond donors (Lipinski definition) is 0. The number of hydrogen-bond acceptors (Lipinski definition) is 0. The van der Waals surface area contributed by atoms with E-state index in [0.29, 0.717) is 0 Å². The van der Waals surface area contributed by atoms with Crippen LogP contribution in [0.2, 0.25) is 0 Å². The summed E-state index contributed by atoms with van der Waals surface area (Å²) in [5.74, 6) is 4.58. The van der Waals surface area contributed by atoms with Gasteiger partial charge in [0.05, 0.1) is 0 Å². The predicted octanol–water partition coefficient (Wildman–Crippen LogP) is 7.33. The van der Waals surface area contributed by atoms with Crippen LogP contribution < -0.4 is 0 Å². The number of rotatable bonds is 12. The highest BCUT2D eigenvalue weighted by Gasteiger charge is 2.17. The van der Waals surface area contributed by atoms with Crippen molar-refractivity contribution in [3.8, 4) is 0 Å². The van der Waals surface area contributed by atoms with Gasteiger partial charge in [-0.1, -0.05) is 87.0 Å². The third kappa shape index (κ3) is 9.83. The van der Waals surface area contributed by atoms with Crippen molar-refractivity contribution in [1.82, 2.24) is 0 Å². The zero-order chi connectivity index (χ0) is 15.5. The fraction of sp³-hybridized carbons (Fsp3) is 1.00. The van der Waals surface area contributed by atoms with Crippen LogP contribution in [0.5, 0.6) is 0 Å². The molecule has 0 spiro atoms. The van der Waals surface area contributed by atoms with Crippen LogP contribution in [0.1, 0.15) is 99.8 Å². The molecule has 0 amide bonds. The molecule has 0 saturated heterocycles. The van der Waals surface area contributed by atoms with Crippen LogP contribution in [-0.4, -0.2) is 0 Å². The molecule has 0 aliphatic carbocycles. The Bertz CT molecular complexity index is 206. The minimum Gasteiger partial charge on any atom is -0.0651 e. The van der Waals surface area contributed by atoms with Crippen molar-refractivity contribution >= 4 is 0 Å². The Hall–Kier alpha value is 0. The molecule has 20 heavy (non-hydrogen) atoms. The maximum atomic E-state index is 2.49. The molecule has 0 aromatic rings. The van der Waals surface area contributed by atoms with E-state index in [2.05, 4.69) is 48.5 Å². The predicted molar refractivity (Wildman–Crippen MR) is 94.1 cm³/mol. The topological polar surface area (TPSA) is 0 Å².